The van der Waals surface area contributed by atoms with Crippen molar-refractivity contribution < 1.29 is 33.8 Å². The molecule has 2 N–H and O–H groups in total. The third kappa shape index (κ3) is 6.24. The second-order valence-corrected chi connectivity index (χ2v) is 20.5. The molecule has 4 unspecified atom stereocenters. The van der Waals surface area contributed by atoms with E-state index in [-0.39, 0.29) is 57.9 Å². The highest BCUT2D eigenvalue weighted by Crippen LogP contribution is 2.76. The highest BCUT2D eigenvalue weighted by molar-refractivity contribution is 6.02. The van der Waals surface area contributed by atoms with Crippen LogP contribution in [0.15, 0.2) is 11.1 Å². The number of piperidine rings is 1. The zero-order valence-electron chi connectivity index (χ0n) is 33.9. The van der Waals surface area contributed by atoms with Crippen molar-refractivity contribution in [3.63, 3.8) is 0 Å². The number of ketones is 1. The van der Waals surface area contributed by atoms with Crippen LogP contribution in [0.25, 0.3) is 0 Å². The van der Waals surface area contributed by atoms with Crippen LogP contribution in [0.2, 0.25) is 0 Å². The molecule has 292 valence electrons. The number of hydrogen-bond donors (Lipinski definition) is 2. The summed E-state index contributed by atoms with van der Waals surface area (Å²) in [6.07, 6.45) is 9.35. The van der Waals surface area contributed by atoms with Crippen LogP contribution in [-0.4, -0.2) is 72.2 Å². The molecule has 5 fully saturated rings. The number of Topliss-reactive ketones (excluding diaryl/α,β-unsaturated/α-hetero) is 1. The maximum Gasteiger partial charge on any atom is 0.407 e. The standard InChI is InChI=1S/C43H68N2O7/c1-26(2)34-29(46)22-43(44-37(50)51-25-27-12-11-21-45(10)24-27)20-19-41(8)28(35(34)43)13-14-31-40(7)17-16-32(52-33(47)23-38(3,4)36(48)49)39(5,6)30(40)15-18-42(31,41)9/h26-28,30-32H,11-25H2,1-10H3,(H,44,50)(H,48,49)/t27?,28?,30?,31?,32-,40-,41+,42+,43+/m0/s1. The summed E-state index contributed by atoms with van der Waals surface area (Å²) in [6.45, 7) is 21.9. The van der Waals surface area contributed by atoms with Gasteiger partial charge in [-0.15, -0.1) is 0 Å². The summed E-state index contributed by atoms with van der Waals surface area (Å²) in [6, 6.07) is 0. The Labute approximate surface area is 312 Å². The fourth-order valence-electron chi connectivity index (χ4n) is 13.4. The molecular weight excluding hydrogens is 656 g/mol. The number of amides is 1. The topological polar surface area (TPSA) is 122 Å². The highest BCUT2D eigenvalue weighted by atomic mass is 16.6. The van der Waals surface area contributed by atoms with Crippen molar-refractivity contribution in [3.05, 3.63) is 11.1 Å². The van der Waals surface area contributed by atoms with E-state index in [1.807, 2.05) is 0 Å². The van der Waals surface area contributed by atoms with Crippen molar-refractivity contribution >= 4 is 23.8 Å². The first-order chi connectivity index (χ1) is 24.1. The van der Waals surface area contributed by atoms with Crippen LogP contribution in [0.1, 0.15) is 139 Å². The molecule has 6 aliphatic rings. The van der Waals surface area contributed by atoms with E-state index in [2.05, 4.69) is 65.7 Å². The Balaban J connectivity index is 1.24. The van der Waals surface area contributed by atoms with Crippen molar-refractivity contribution in [2.75, 3.05) is 26.7 Å². The molecule has 0 bridgehead atoms. The summed E-state index contributed by atoms with van der Waals surface area (Å²) in [7, 11) is 2.12. The first-order valence-corrected chi connectivity index (χ1v) is 20.5. The number of esters is 1. The number of rotatable bonds is 8. The molecule has 1 saturated heterocycles. The normalized spacial score (nSPS) is 40.3. The third-order valence-electron chi connectivity index (χ3n) is 16.3. The van der Waals surface area contributed by atoms with Gasteiger partial charge in [-0.3, -0.25) is 14.4 Å². The van der Waals surface area contributed by atoms with Gasteiger partial charge < -0.3 is 24.8 Å². The van der Waals surface area contributed by atoms with E-state index in [9.17, 15) is 24.3 Å². The summed E-state index contributed by atoms with van der Waals surface area (Å²) in [5.41, 5.74) is 0.111. The van der Waals surface area contributed by atoms with Gasteiger partial charge >= 0.3 is 18.0 Å². The Morgan fingerprint density at radius 1 is 0.942 bits per heavy atom. The zero-order chi connectivity index (χ0) is 38.2. The minimum Gasteiger partial charge on any atom is -0.481 e. The highest BCUT2D eigenvalue weighted by Gasteiger charge is 2.70. The molecule has 1 aliphatic heterocycles. The summed E-state index contributed by atoms with van der Waals surface area (Å²) in [5, 5.41) is 13.0. The third-order valence-corrected chi connectivity index (χ3v) is 16.3. The van der Waals surface area contributed by atoms with Crippen LogP contribution in [0.5, 0.6) is 0 Å². The first-order valence-electron chi connectivity index (χ1n) is 20.5. The van der Waals surface area contributed by atoms with E-state index in [4.69, 9.17) is 9.47 Å². The maximum atomic E-state index is 14.0. The molecule has 0 aromatic carbocycles. The van der Waals surface area contributed by atoms with Gasteiger partial charge in [-0.05, 0) is 143 Å². The van der Waals surface area contributed by atoms with E-state index < -0.39 is 22.9 Å². The minimum absolute atomic E-state index is 0.0344. The monoisotopic (exact) mass is 725 g/mol. The van der Waals surface area contributed by atoms with Gasteiger partial charge in [0.2, 0.25) is 0 Å². The molecule has 0 spiro atoms. The number of nitrogens with zero attached hydrogens (tertiary/aromatic N) is 1. The number of carboxylic acid groups (broad SMARTS) is 1. The molecule has 0 radical (unpaired) electrons. The number of carbonyl (C=O) groups excluding carboxylic acids is 3. The van der Waals surface area contributed by atoms with Gasteiger partial charge in [-0.2, -0.15) is 0 Å². The largest absolute Gasteiger partial charge is 0.481 e. The number of likely N-dealkylation sites (tertiary alicyclic amines) is 1. The Kier molecular flexibility index (Phi) is 10.1. The number of aliphatic carboxylic acids is 1. The van der Waals surface area contributed by atoms with Crippen LogP contribution in [-0.2, 0) is 23.9 Å². The molecule has 0 aromatic heterocycles. The smallest absolute Gasteiger partial charge is 0.407 e. The lowest BCUT2D eigenvalue weighted by molar-refractivity contribution is -0.232. The maximum absolute atomic E-state index is 14.0. The van der Waals surface area contributed by atoms with Crippen molar-refractivity contribution in [2.24, 2.45) is 56.7 Å². The minimum atomic E-state index is -1.17. The Morgan fingerprint density at radius 2 is 1.65 bits per heavy atom. The summed E-state index contributed by atoms with van der Waals surface area (Å²) in [4.78, 5) is 54.7. The van der Waals surface area contributed by atoms with E-state index in [1.165, 1.54) is 5.57 Å². The number of ether oxygens (including phenoxy) is 2. The van der Waals surface area contributed by atoms with E-state index in [1.54, 1.807) is 13.8 Å². The van der Waals surface area contributed by atoms with Crippen molar-refractivity contribution in [1.82, 2.24) is 10.2 Å². The van der Waals surface area contributed by atoms with Crippen molar-refractivity contribution in [3.8, 4) is 0 Å². The summed E-state index contributed by atoms with van der Waals surface area (Å²) in [5.74, 6) is 0.238. The number of carboxylic acids is 1. The van der Waals surface area contributed by atoms with Gasteiger partial charge in [-0.25, -0.2) is 4.79 Å². The van der Waals surface area contributed by atoms with Crippen molar-refractivity contribution in [2.45, 2.75) is 151 Å². The lowest BCUT2D eigenvalue weighted by atomic mass is 9.33. The molecule has 4 saturated carbocycles. The average Bonchev–Trinajstić information content (AvgIpc) is 3.33. The molecule has 9 atom stereocenters. The number of carbonyl (C=O) groups is 4. The number of allylic oxidation sites excluding steroid dienone is 1. The Hall–Kier alpha value is -2.42. The molecule has 9 heteroatoms. The molecule has 52 heavy (non-hydrogen) atoms. The number of alkyl carbamates (subject to hydrolysis) is 1. The number of fused-ring (bicyclic) bond motifs is 7. The van der Waals surface area contributed by atoms with Gasteiger partial charge in [-0.1, -0.05) is 48.5 Å². The average molecular weight is 725 g/mol. The molecule has 1 heterocycles. The van der Waals surface area contributed by atoms with Gasteiger partial charge in [0, 0.05) is 24.3 Å². The second-order valence-electron chi connectivity index (χ2n) is 20.5. The predicted molar refractivity (Wildman–Crippen MR) is 200 cm³/mol. The zero-order valence-corrected chi connectivity index (χ0v) is 33.9. The van der Waals surface area contributed by atoms with Crippen LogP contribution >= 0.6 is 0 Å². The fourth-order valence-corrected chi connectivity index (χ4v) is 13.4. The van der Waals surface area contributed by atoms with Crippen molar-refractivity contribution in [1.29, 1.82) is 0 Å². The molecule has 5 aliphatic carbocycles. The predicted octanol–water partition coefficient (Wildman–Crippen LogP) is 8.20. The van der Waals surface area contributed by atoms with Crippen LogP contribution < -0.4 is 5.32 Å². The molecular formula is C43H68N2O7. The van der Waals surface area contributed by atoms with Gasteiger partial charge in [0.1, 0.15) is 6.10 Å². The first kappa shape index (κ1) is 39.3. The van der Waals surface area contributed by atoms with E-state index in [0.29, 0.717) is 30.8 Å². The quantitative estimate of drug-likeness (QED) is 0.240. The Bertz CT molecular complexity index is 1500. The molecule has 6 rings (SSSR count). The molecule has 1 amide bonds. The lowest BCUT2D eigenvalue weighted by Gasteiger charge is -2.72. The Morgan fingerprint density at radius 3 is 2.31 bits per heavy atom. The lowest BCUT2D eigenvalue weighted by Crippen LogP contribution is -2.67. The summed E-state index contributed by atoms with van der Waals surface area (Å²) >= 11 is 0. The van der Waals surface area contributed by atoms with Crippen LogP contribution in [0, 0.1) is 56.7 Å². The molecule has 9 nitrogen and oxygen atoms in total. The van der Waals surface area contributed by atoms with Gasteiger partial charge in [0.15, 0.2) is 5.78 Å². The van der Waals surface area contributed by atoms with E-state index in [0.717, 1.165) is 82.9 Å². The number of nitrogens with one attached hydrogen (secondary N) is 1. The summed E-state index contributed by atoms with van der Waals surface area (Å²) < 4.78 is 12.1. The van der Waals surface area contributed by atoms with Crippen LogP contribution in [0.4, 0.5) is 4.79 Å². The SMILES string of the molecule is CC(C)C1=C2C3CCC4[C@@]5(C)CC[C@H](OC(=O)CC(C)(C)C(=O)O)C(C)(C)C5CC[C@@]4(C)[C@]3(C)CC[C@@]2(NC(=O)OCC2CCCN(C)C2)CC1=O. The second kappa shape index (κ2) is 13.4. The van der Waals surface area contributed by atoms with Gasteiger partial charge in [0.05, 0.1) is 24.0 Å². The molecule has 0 aromatic rings. The number of hydrogen-bond acceptors (Lipinski definition) is 7. The van der Waals surface area contributed by atoms with E-state index >= 15 is 0 Å². The van der Waals surface area contributed by atoms with Gasteiger partial charge in [0.25, 0.3) is 0 Å². The fraction of sp³-hybridized carbons (Fsp3) is 0.860. The van der Waals surface area contributed by atoms with Crippen LogP contribution in [0.3, 0.4) is 0 Å².